The van der Waals surface area contributed by atoms with Crippen molar-refractivity contribution in [2.75, 3.05) is 0 Å². The molecule has 2 rings (SSSR count). The number of amides is 3. The molecule has 1 unspecified atom stereocenters. The van der Waals surface area contributed by atoms with E-state index in [9.17, 15) is 14.4 Å². The Hall–Kier alpha value is -1.73. The third kappa shape index (κ3) is 2.74. The van der Waals surface area contributed by atoms with E-state index in [-0.39, 0.29) is 18.2 Å². The Labute approximate surface area is 108 Å². The minimum Gasteiger partial charge on any atom is -0.340 e. The maximum atomic E-state index is 11.9. The molecular formula is C11H13N3O3S. The van der Waals surface area contributed by atoms with Gasteiger partial charge in [0.05, 0.1) is 4.88 Å². The van der Waals surface area contributed by atoms with E-state index in [2.05, 4.69) is 10.6 Å². The van der Waals surface area contributed by atoms with Gasteiger partial charge in [-0.05, 0) is 18.6 Å². The van der Waals surface area contributed by atoms with Crippen molar-refractivity contribution in [2.45, 2.75) is 25.4 Å². The maximum Gasteiger partial charge on any atom is 0.262 e. The van der Waals surface area contributed by atoms with Gasteiger partial charge in [-0.25, -0.2) is 0 Å². The first kappa shape index (κ1) is 12.7. The van der Waals surface area contributed by atoms with Gasteiger partial charge in [-0.2, -0.15) is 0 Å². The van der Waals surface area contributed by atoms with E-state index in [0.717, 1.165) is 4.88 Å². The summed E-state index contributed by atoms with van der Waals surface area (Å²) in [7, 11) is 0. The number of imide groups is 1. The van der Waals surface area contributed by atoms with E-state index in [1.165, 1.54) is 11.3 Å². The van der Waals surface area contributed by atoms with E-state index in [0.29, 0.717) is 17.8 Å². The first-order valence-corrected chi connectivity index (χ1v) is 6.35. The largest absolute Gasteiger partial charge is 0.340 e. The van der Waals surface area contributed by atoms with Crippen molar-refractivity contribution in [3.63, 3.8) is 0 Å². The van der Waals surface area contributed by atoms with Crippen molar-refractivity contribution in [3.8, 4) is 0 Å². The van der Waals surface area contributed by atoms with Crippen molar-refractivity contribution in [1.82, 2.24) is 10.6 Å². The van der Waals surface area contributed by atoms with Crippen molar-refractivity contribution >= 4 is 29.1 Å². The standard InChI is InChI=1S/C11H13N3O3S/c12-5-6-1-3-8(18-6)11(17)13-7-2-4-9(15)14-10(7)16/h1,3,7H,2,4-5,12H2,(H,13,17)(H,14,15,16). The summed E-state index contributed by atoms with van der Waals surface area (Å²) in [5, 5.41) is 4.80. The summed E-state index contributed by atoms with van der Waals surface area (Å²) < 4.78 is 0. The molecule has 0 bridgehead atoms. The average molecular weight is 267 g/mol. The zero-order valence-corrected chi connectivity index (χ0v) is 10.4. The molecule has 1 aromatic rings. The zero-order valence-electron chi connectivity index (χ0n) is 9.56. The van der Waals surface area contributed by atoms with Gasteiger partial charge < -0.3 is 11.1 Å². The Balaban J connectivity index is 1.99. The second kappa shape index (κ2) is 5.28. The van der Waals surface area contributed by atoms with Crippen molar-refractivity contribution in [3.05, 3.63) is 21.9 Å². The monoisotopic (exact) mass is 267 g/mol. The predicted molar refractivity (Wildman–Crippen MR) is 65.8 cm³/mol. The summed E-state index contributed by atoms with van der Waals surface area (Å²) in [6.07, 6.45) is 0.584. The Morgan fingerprint density at radius 1 is 1.50 bits per heavy atom. The Bertz CT molecular complexity index is 497. The summed E-state index contributed by atoms with van der Waals surface area (Å²) in [5.74, 6) is -1.06. The minimum absolute atomic E-state index is 0.245. The highest BCUT2D eigenvalue weighted by Crippen LogP contribution is 2.16. The highest BCUT2D eigenvalue weighted by atomic mass is 32.1. The Kier molecular flexibility index (Phi) is 3.73. The summed E-state index contributed by atoms with van der Waals surface area (Å²) in [5.41, 5.74) is 5.46. The number of carbonyl (C=O) groups is 3. The molecule has 1 fully saturated rings. The number of thiophene rings is 1. The van der Waals surface area contributed by atoms with Gasteiger partial charge in [0.1, 0.15) is 6.04 Å². The van der Waals surface area contributed by atoms with Crippen LogP contribution in [0.4, 0.5) is 0 Å². The van der Waals surface area contributed by atoms with Gasteiger partial charge in [-0.3, -0.25) is 19.7 Å². The highest BCUT2D eigenvalue weighted by molar-refractivity contribution is 7.14. The zero-order chi connectivity index (χ0) is 13.1. The molecule has 0 aromatic carbocycles. The normalized spacial score (nSPS) is 19.5. The summed E-state index contributed by atoms with van der Waals surface area (Å²) in [6, 6.07) is 2.82. The van der Waals surface area contributed by atoms with Crippen LogP contribution in [0.2, 0.25) is 0 Å². The van der Waals surface area contributed by atoms with Gasteiger partial charge in [0.2, 0.25) is 11.8 Å². The lowest BCUT2D eigenvalue weighted by molar-refractivity contribution is -0.134. The van der Waals surface area contributed by atoms with Crippen LogP contribution in [0.1, 0.15) is 27.4 Å². The van der Waals surface area contributed by atoms with E-state index in [1.807, 2.05) is 0 Å². The SMILES string of the molecule is NCc1ccc(C(=O)NC2CCC(=O)NC2=O)s1. The number of carbonyl (C=O) groups excluding carboxylic acids is 3. The summed E-state index contributed by atoms with van der Waals surface area (Å²) in [6.45, 7) is 0.385. The molecule has 1 aromatic heterocycles. The van der Waals surface area contributed by atoms with Crippen LogP contribution in [0, 0.1) is 0 Å². The molecular weight excluding hydrogens is 254 g/mol. The summed E-state index contributed by atoms with van der Waals surface area (Å²) in [4.78, 5) is 35.7. The smallest absolute Gasteiger partial charge is 0.262 e. The fourth-order valence-electron chi connectivity index (χ4n) is 1.67. The van der Waals surface area contributed by atoms with Crippen molar-refractivity contribution < 1.29 is 14.4 Å². The van der Waals surface area contributed by atoms with Gasteiger partial charge in [-0.1, -0.05) is 0 Å². The molecule has 0 radical (unpaired) electrons. The Morgan fingerprint density at radius 3 is 2.89 bits per heavy atom. The molecule has 4 N–H and O–H groups in total. The van der Waals surface area contributed by atoms with Gasteiger partial charge in [0.25, 0.3) is 5.91 Å². The minimum atomic E-state index is -0.640. The van der Waals surface area contributed by atoms with E-state index >= 15 is 0 Å². The average Bonchev–Trinajstić information content (AvgIpc) is 2.81. The molecule has 2 heterocycles. The number of hydrogen-bond donors (Lipinski definition) is 3. The molecule has 1 saturated heterocycles. The van der Waals surface area contributed by atoms with Crippen molar-refractivity contribution in [2.24, 2.45) is 5.73 Å². The van der Waals surface area contributed by atoms with Crippen LogP contribution in [-0.4, -0.2) is 23.8 Å². The lowest BCUT2D eigenvalue weighted by Gasteiger charge is -2.21. The van der Waals surface area contributed by atoms with Crippen LogP contribution in [0.3, 0.4) is 0 Å². The second-order valence-corrected chi connectivity index (χ2v) is 5.12. The molecule has 96 valence electrons. The van der Waals surface area contributed by atoms with E-state index < -0.39 is 11.9 Å². The van der Waals surface area contributed by atoms with E-state index in [4.69, 9.17) is 5.73 Å². The van der Waals surface area contributed by atoms with Crippen molar-refractivity contribution in [1.29, 1.82) is 0 Å². The molecule has 18 heavy (non-hydrogen) atoms. The number of nitrogens with two attached hydrogens (primary N) is 1. The highest BCUT2D eigenvalue weighted by Gasteiger charge is 2.28. The third-order valence-electron chi connectivity index (χ3n) is 2.63. The van der Waals surface area contributed by atoms with Crippen LogP contribution < -0.4 is 16.4 Å². The van der Waals surface area contributed by atoms with Crippen LogP contribution >= 0.6 is 11.3 Å². The molecule has 0 saturated carbocycles. The summed E-state index contributed by atoms with van der Waals surface area (Å²) >= 11 is 1.30. The fraction of sp³-hybridized carbons (Fsp3) is 0.364. The topological polar surface area (TPSA) is 101 Å². The molecule has 1 aliphatic rings. The van der Waals surface area contributed by atoms with Crippen LogP contribution in [0.25, 0.3) is 0 Å². The van der Waals surface area contributed by atoms with Crippen LogP contribution in [0.15, 0.2) is 12.1 Å². The number of piperidine rings is 1. The van der Waals surface area contributed by atoms with Gasteiger partial charge in [-0.15, -0.1) is 11.3 Å². The third-order valence-corrected chi connectivity index (χ3v) is 3.74. The number of rotatable bonds is 3. The quantitative estimate of drug-likeness (QED) is 0.657. The van der Waals surface area contributed by atoms with Gasteiger partial charge in [0, 0.05) is 17.8 Å². The van der Waals surface area contributed by atoms with Gasteiger partial charge in [0.15, 0.2) is 0 Å². The molecule has 1 aliphatic heterocycles. The van der Waals surface area contributed by atoms with Crippen LogP contribution in [0.5, 0.6) is 0 Å². The molecule has 6 nitrogen and oxygen atoms in total. The molecule has 1 atom stereocenters. The second-order valence-electron chi connectivity index (χ2n) is 3.95. The van der Waals surface area contributed by atoms with Gasteiger partial charge >= 0.3 is 0 Å². The maximum absolute atomic E-state index is 11.9. The van der Waals surface area contributed by atoms with E-state index in [1.54, 1.807) is 12.1 Å². The first-order chi connectivity index (χ1) is 8.60. The first-order valence-electron chi connectivity index (χ1n) is 5.53. The Morgan fingerprint density at radius 2 is 2.28 bits per heavy atom. The predicted octanol–water partition coefficient (Wildman–Crippen LogP) is -0.258. The lowest BCUT2D eigenvalue weighted by atomic mass is 10.1. The fourth-order valence-corrected chi connectivity index (χ4v) is 2.46. The molecule has 7 heteroatoms. The molecule has 0 spiro atoms. The number of nitrogens with one attached hydrogen (secondary N) is 2. The number of hydrogen-bond acceptors (Lipinski definition) is 5. The lowest BCUT2D eigenvalue weighted by Crippen LogP contribution is -2.52. The molecule has 0 aliphatic carbocycles. The molecule has 3 amide bonds. The van der Waals surface area contributed by atoms with Crippen LogP contribution in [-0.2, 0) is 16.1 Å².